The van der Waals surface area contributed by atoms with Crippen LogP contribution in [0.3, 0.4) is 0 Å². The first-order valence-corrected chi connectivity index (χ1v) is 13.6. The average molecular weight is 465 g/mol. The number of thiophene rings is 4. The Morgan fingerprint density at radius 2 is 0.533 bits per heavy atom. The number of rotatable bonds is 0. The second-order valence-electron chi connectivity index (χ2n) is 8.70. The lowest BCUT2D eigenvalue weighted by Gasteiger charge is -2.10. The number of benzene rings is 2. The van der Waals surface area contributed by atoms with Gasteiger partial charge in [0.25, 0.3) is 0 Å². The van der Waals surface area contributed by atoms with Crippen molar-refractivity contribution in [2.45, 2.75) is 55.4 Å². The summed E-state index contributed by atoms with van der Waals surface area (Å²) in [4.78, 5) is 5.83. The van der Waals surface area contributed by atoms with Gasteiger partial charge >= 0.3 is 0 Å². The van der Waals surface area contributed by atoms with Crippen molar-refractivity contribution < 1.29 is 0 Å². The fourth-order valence-corrected chi connectivity index (χ4v) is 10.2. The SMILES string of the molecule is Cc1sc2c(c1C)c1sc(C)c(C)c1c1c3sc(C)c(C)c3c3sc(C)c(C)c3c21. The molecule has 0 bridgehead atoms. The predicted molar refractivity (Wildman–Crippen MR) is 143 cm³/mol. The Morgan fingerprint density at radius 1 is 0.300 bits per heavy atom. The van der Waals surface area contributed by atoms with E-state index in [0.29, 0.717) is 0 Å². The van der Waals surface area contributed by atoms with Gasteiger partial charge in [-0.15, -0.1) is 45.3 Å². The Labute approximate surface area is 192 Å². The summed E-state index contributed by atoms with van der Waals surface area (Å²) in [6, 6.07) is 0. The van der Waals surface area contributed by atoms with Crippen LogP contribution in [0.4, 0.5) is 0 Å². The number of fused-ring (bicyclic) bond motifs is 11. The molecule has 6 rings (SSSR count). The zero-order valence-corrected chi connectivity index (χ0v) is 21.9. The van der Waals surface area contributed by atoms with E-state index >= 15 is 0 Å². The van der Waals surface area contributed by atoms with Crippen molar-refractivity contribution in [3.8, 4) is 0 Å². The van der Waals surface area contributed by atoms with Crippen LogP contribution < -0.4 is 0 Å². The maximum absolute atomic E-state index is 2.34. The highest BCUT2D eigenvalue weighted by Gasteiger charge is 2.26. The van der Waals surface area contributed by atoms with Crippen LogP contribution in [0.25, 0.3) is 51.1 Å². The van der Waals surface area contributed by atoms with Gasteiger partial charge < -0.3 is 0 Å². The zero-order chi connectivity index (χ0) is 21.2. The topological polar surface area (TPSA) is 0 Å². The zero-order valence-electron chi connectivity index (χ0n) is 18.6. The highest BCUT2D eigenvalue weighted by molar-refractivity contribution is 7.26. The van der Waals surface area contributed by atoms with Gasteiger partial charge in [-0.05, 0) is 77.6 Å². The van der Waals surface area contributed by atoms with Gasteiger partial charge in [-0.2, -0.15) is 0 Å². The van der Waals surface area contributed by atoms with Gasteiger partial charge in [-0.1, -0.05) is 0 Å². The summed E-state index contributed by atoms with van der Waals surface area (Å²) in [7, 11) is 0. The van der Waals surface area contributed by atoms with Crippen molar-refractivity contribution >= 4 is 96.5 Å². The molecule has 0 unspecified atom stereocenters. The average Bonchev–Trinajstić information content (AvgIpc) is 3.36. The normalized spacial score (nSPS) is 12.7. The van der Waals surface area contributed by atoms with E-state index in [1.807, 2.05) is 45.3 Å². The molecule has 4 heteroatoms. The van der Waals surface area contributed by atoms with Crippen LogP contribution >= 0.6 is 45.3 Å². The molecule has 0 aliphatic heterocycles. The molecule has 0 aliphatic rings. The lowest BCUT2D eigenvalue weighted by atomic mass is 9.93. The molecule has 0 fully saturated rings. The first kappa shape index (κ1) is 19.2. The maximum atomic E-state index is 2.34. The lowest BCUT2D eigenvalue weighted by molar-refractivity contribution is 1.47. The van der Waals surface area contributed by atoms with Crippen LogP contribution in [0.1, 0.15) is 41.8 Å². The number of aryl methyl sites for hydroxylation is 8. The summed E-state index contributed by atoms with van der Waals surface area (Å²) in [6.45, 7) is 18.5. The van der Waals surface area contributed by atoms with Crippen LogP contribution in [0, 0.1) is 55.4 Å². The third kappa shape index (κ3) is 2.11. The molecule has 0 amide bonds. The summed E-state index contributed by atoms with van der Waals surface area (Å²) >= 11 is 8.01. The molecule has 152 valence electrons. The second-order valence-corrected chi connectivity index (χ2v) is 13.6. The van der Waals surface area contributed by atoms with Gasteiger partial charge in [0.1, 0.15) is 0 Å². The van der Waals surface area contributed by atoms with Crippen molar-refractivity contribution in [1.29, 1.82) is 0 Å². The summed E-state index contributed by atoms with van der Waals surface area (Å²) in [5.41, 5.74) is 5.89. The third-order valence-electron chi connectivity index (χ3n) is 7.20. The van der Waals surface area contributed by atoms with Crippen LogP contribution in [-0.2, 0) is 0 Å². The Bertz CT molecular complexity index is 1580. The van der Waals surface area contributed by atoms with Gasteiger partial charge in [0.2, 0.25) is 0 Å². The van der Waals surface area contributed by atoms with Crippen molar-refractivity contribution in [1.82, 2.24) is 0 Å². The quantitative estimate of drug-likeness (QED) is 0.210. The van der Waals surface area contributed by atoms with E-state index in [1.54, 1.807) is 0 Å². The van der Waals surface area contributed by atoms with E-state index in [-0.39, 0.29) is 0 Å². The Morgan fingerprint density at radius 3 is 0.833 bits per heavy atom. The molecule has 30 heavy (non-hydrogen) atoms. The lowest BCUT2D eigenvalue weighted by Crippen LogP contribution is -1.84. The van der Waals surface area contributed by atoms with Gasteiger partial charge in [0.05, 0.1) is 0 Å². The fourth-order valence-electron chi connectivity index (χ4n) is 5.07. The third-order valence-corrected chi connectivity index (χ3v) is 12.1. The maximum Gasteiger partial charge on any atom is 0.0448 e. The molecule has 6 aromatic rings. The minimum atomic E-state index is 1.46. The minimum Gasteiger partial charge on any atom is -0.140 e. The molecule has 0 spiro atoms. The monoisotopic (exact) mass is 464 g/mol. The molecule has 0 saturated heterocycles. The molecule has 0 radical (unpaired) electrons. The van der Waals surface area contributed by atoms with Gasteiger partial charge in [-0.3, -0.25) is 0 Å². The standard InChI is InChI=1S/C26H24S4/c1-9-13(5)27-23-17(9)21-22(26-19(23)11(3)15(7)30-26)18-10(2)14(6)28-24(18)20-12(4)16(8)29-25(20)21/h1-8H3. The highest BCUT2D eigenvalue weighted by Crippen LogP contribution is 2.54. The smallest absolute Gasteiger partial charge is 0.0448 e. The molecular formula is C26H24S4. The Hall–Kier alpha value is -1.46. The van der Waals surface area contributed by atoms with E-state index in [0.717, 1.165) is 0 Å². The van der Waals surface area contributed by atoms with Crippen molar-refractivity contribution in [3.05, 3.63) is 41.8 Å². The van der Waals surface area contributed by atoms with Gasteiger partial charge in [0.15, 0.2) is 0 Å². The first-order chi connectivity index (χ1) is 14.2. The van der Waals surface area contributed by atoms with Crippen molar-refractivity contribution in [3.63, 3.8) is 0 Å². The molecule has 4 heterocycles. The summed E-state index contributed by atoms with van der Waals surface area (Å²) in [6.07, 6.45) is 0. The predicted octanol–water partition coefficient (Wildman–Crippen LogP) is 10.2. The summed E-state index contributed by atoms with van der Waals surface area (Å²) < 4.78 is 6.02. The molecule has 0 atom stereocenters. The molecule has 0 saturated carbocycles. The molecule has 0 nitrogen and oxygen atoms in total. The van der Waals surface area contributed by atoms with Crippen molar-refractivity contribution in [2.24, 2.45) is 0 Å². The molecule has 0 aliphatic carbocycles. The van der Waals surface area contributed by atoms with Gasteiger partial charge in [-0.25, -0.2) is 0 Å². The minimum absolute atomic E-state index is 1.46. The first-order valence-electron chi connectivity index (χ1n) is 10.4. The van der Waals surface area contributed by atoms with E-state index < -0.39 is 0 Å². The Balaban J connectivity index is 2.17. The van der Waals surface area contributed by atoms with E-state index in [1.165, 1.54) is 92.9 Å². The largest absolute Gasteiger partial charge is 0.140 e. The van der Waals surface area contributed by atoms with Crippen LogP contribution in [0.15, 0.2) is 0 Å². The second kappa shape index (κ2) is 6.07. The molecular weight excluding hydrogens is 441 g/mol. The molecule has 2 aromatic carbocycles. The highest BCUT2D eigenvalue weighted by atomic mass is 32.1. The van der Waals surface area contributed by atoms with E-state index in [4.69, 9.17) is 0 Å². The summed E-state index contributed by atoms with van der Waals surface area (Å²) in [5, 5.41) is 9.08. The molecule has 4 aromatic heterocycles. The van der Waals surface area contributed by atoms with E-state index in [2.05, 4.69) is 55.4 Å². The Kier molecular flexibility index (Phi) is 3.89. The fraction of sp³-hybridized carbons (Fsp3) is 0.308. The van der Waals surface area contributed by atoms with Crippen LogP contribution in [0.2, 0.25) is 0 Å². The van der Waals surface area contributed by atoms with Crippen molar-refractivity contribution in [2.75, 3.05) is 0 Å². The van der Waals surface area contributed by atoms with Gasteiger partial charge in [0, 0.05) is 70.6 Å². The van der Waals surface area contributed by atoms with Crippen LogP contribution in [0.5, 0.6) is 0 Å². The number of hydrogen-bond acceptors (Lipinski definition) is 4. The van der Waals surface area contributed by atoms with Crippen LogP contribution in [-0.4, -0.2) is 0 Å². The number of hydrogen-bond donors (Lipinski definition) is 0. The summed E-state index contributed by atoms with van der Waals surface area (Å²) in [5.74, 6) is 0. The molecule has 0 N–H and O–H groups in total. The van der Waals surface area contributed by atoms with E-state index in [9.17, 15) is 0 Å².